The molecule has 1 N–H and O–H groups in total. The van der Waals surface area contributed by atoms with Gasteiger partial charge in [0, 0.05) is 0 Å². The molecule has 0 amide bonds. The minimum atomic E-state index is -3.77. The zero-order valence-electron chi connectivity index (χ0n) is 11.1. The van der Waals surface area contributed by atoms with Crippen LogP contribution in [0.4, 0.5) is 5.69 Å². The maximum Gasteiger partial charge on any atom is 0.263 e. The van der Waals surface area contributed by atoms with Crippen LogP contribution in [0.1, 0.15) is 0 Å². The minimum Gasteiger partial charge on any atom is -0.280 e. The first-order valence-electron chi connectivity index (χ1n) is 6.17. The van der Waals surface area contributed by atoms with Gasteiger partial charge >= 0.3 is 0 Å². The zero-order chi connectivity index (χ0) is 15.6. The molecule has 9 heteroatoms. The van der Waals surface area contributed by atoms with Gasteiger partial charge in [0.25, 0.3) is 10.0 Å². The van der Waals surface area contributed by atoms with Crippen LogP contribution in [0.3, 0.4) is 0 Å². The van der Waals surface area contributed by atoms with E-state index in [0.29, 0.717) is 11.4 Å². The fourth-order valence-electron chi connectivity index (χ4n) is 1.86. The number of anilines is 1. The normalized spacial score (nSPS) is 11.3. The summed E-state index contributed by atoms with van der Waals surface area (Å²) >= 11 is 5.94. The standard InChI is InChI=1S/C13H10ClN5O2S/c14-12-6-1-2-7-13(12)22(20,21)16-10-4-3-5-11(8-10)19-9-15-17-18-19/h1-9,16H. The highest BCUT2D eigenvalue weighted by molar-refractivity contribution is 7.92. The first kappa shape index (κ1) is 14.5. The molecule has 0 unspecified atom stereocenters. The molecule has 0 aliphatic carbocycles. The molecule has 0 fully saturated rings. The summed E-state index contributed by atoms with van der Waals surface area (Å²) in [5, 5.41) is 11.0. The van der Waals surface area contributed by atoms with Gasteiger partial charge in [-0.25, -0.2) is 13.1 Å². The van der Waals surface area contributed by atoms with Crippen molar-refractivity contribution in [2.45, 2.75) is 4.90 Å². The fourth-order valence-corrected chi connectivity index (χ4v) is 3.43. The number of nitrogens with zero attached hydrogens (tertiary/aromatic N) is 4. The summed E-state index contributed by atoms with van der Waals surface area (Å²) in [7, 11) is -3.77. The molecule has 0 saturated heterocycles. The lowest BCUT2D eigenvalue weighted by Gasteiger charge is -2.10. The van der Waals surface area contributed by atoms with Gasteiger partial charge < -0.3 is 0 Å². The first-order chi connectivity index (χ1) is 10.6. The van der Waals surface area contributed by atoms with Gasteiger partial charge in [-0.1, -0.05) is 29.8 Å². The molecule has 1 heterocycles. The van der Waals surface area contributed by atoms with E-state index in [2.05, 4.69) is 20.2 Å². The van der Waals surface area contributed by atoms with Gasteiger partial charge in [-0.3, -0.25) is 4.72 Å². The van der Waals surface area contributed by atoms with Gasteiger partial charge in [-0.2, -0.15) is 0 Å². The number of sulfonamides is 1. The summed E-state index contributed by atoms with van der Waals surface area (Å²) in [5.41, 5.74) is 1.01. The highest BCUT2D eigenvalue weighted by Crippen LogP contribution is 2.24. The molecule has 0 saturated carbocycles. The first-order valence-corrected chi connectivity index (χ1v) is 8.03. The number of benzene rings is 2. The predicted molar refractivity (Wildman–Crippen MR) is 81.4 cm³/mol. The van der Waals surface area contributed by atoms with Crippen molar-refractivity contribution >= 4 is 27.3 Å². The van der Waals surface area contributed by atoms with E-state index in [-0.39, 0.29) is 9.92 Å². The summed E-state index contributed by atoms with van der Waals surface area (Å²) in [4.78, 5) is 0.0180. The van der Waals surface area contributed by atoms with E-state index >= 15 is 0 Å². The van der Waals surface area contributed by atoms with Gasteiger partial charge in [0.1, 0.15) is 11.2 Å². The second-order valence-electron chi connectivity index (χ2n) is 4.34. The Balaban J connectivity index is 1.93. The molecule has 0 aliphatic heterocycles. The third kappa shape index (κ3) is 2.92. The van der Waals surface area contributed by atoms with E-state index in [1.165, 1.54) is 23.1 Å². The van der Waals surface area contributed by atoms with E-state index in [4.69, 9.17) is 11.6 Å². The van der Waals surface area contributed by atoms with E-state index < -0.39 is 10.0 Å². The average Bonchev–Trinajstić information content (AvgIpc) is 3.01. The number of hydrogen-bond donors (Lipinski definition) is 1. The monoisotopic (exact) mass is 335 g/mol. The van der Waals surface area contributed by atoms with Crippen LogP contribution >= 0.6 is 11.6 Å². The van der Waals surface area contributed by atoms with Crippen molar-refractivity contribution in [3.05, 3.63) is 59.9 Å². The maximum atomic E-state index is 12.4. The summed E-state index contributed by atoms with van der Waals surface area (Å²) < 4.78 is 28.7. The lowest BCUT2D eigenvalue weighted by atomic mass is 10.3. The molecule has 0 spiro atoms. The second-order valence-corrected chi connectivity index (χ2v) is 6.40. The Labute approximate surface area is 131 Å². The summed E-state index contributed by atoms with van der Waals surface area (Å²) in [5.74, 6) is 0. The highest BCUT2D eigenvalue weighted by atomic mass is 35.5. The number of halogens is 1. The number of nitrogens with one attached hydrogen (secondary N) is 1. The Bertz CT molecular complexity index is 896. The second kappa shape index (κ2) is 5.74. The molecule has 112 valence electrons. The van der Waals surface area contributed by atoms with E-state index in [1.807, 2.05) is 0 Å². The van der Waals surface area contributed by atoms with Crippen LogP contribution in [0, 0.1) is 0 Å². The van der Waals surface area contributed by atoms with Crippen LogP contribution in [-0.2, 0) is 10.0 Å². The van der Waals surface area contributed by atoms with Crippen LogP contribution in [0.5, 0.6) is 0 Å². The molecule has 22 heavy (non-hydrogen) atoms. The SMILES string of the molecule is O=S(=O)(Nc1cccc(-n2cnnn2)c1)c1ccccc1Cl. The Hall–Kier alpha value is -2.45. The molecule has 1 aromatic heterocycles. The quantitative estimate of drug-likeness (QED) is 0.788. The summed E-state index contributed by atoms with van der Waals surface area (Å²) in [6.45, 7) is 0. The molecule has 0 bridgehead atoms. The van der Waals surface area contributed by atoms with Crippen molar-refractivity contribution in [1.29, 1.82) is 0 Å². The smallest absolute Gasteiger partial charge is 0.263 e. The van der Waals surface area contributed by atoms with Crippen LogP contribution in [0.2, 0.25) is 5.02 Å². The Morgan fingerprint density at radius 3 is 2.64 bits per heavy atom. The van der Waals surface area contributed by atoms with Crippen LogP contribution in [0.15, 0.2) is 59.8 Å². The Morgan fingerprint density at radius 1 is 1.09 bits per heavy atom. The predicted octanol–water partition coefficient (Wildman–Crippen LogP) is 2.12. The van der Waals surface area contributed by atoms with Crippen molar-refractivity contribution < 1.29 is 8.42 Å². The topological polar surface area (TPSA) is 89.8 Å². The van der Waals surface area contributed by atoms with Crippen molar-refractivity contribution in [2.75, 3.05) is 4.72 Å². The number of aromatic nitrogens is 4. The molecule has 3 rings (SSSR count). The van der Waals surface area contributed by atoms with E-state index in [1.54, 1.807) is 36.4 Å². The van der Waals surface area contributed by atoms with Crippen LogP contribution in [-0.4, -0.2) is 28.6 Å². The van der Waals surface area contributed by atoms with Crippen LogP contribution < -0.4 is 4.72 Å². The molecule has 0 atom stereocenters. The molecule has 2 aromatic carbocycles. The van der Waals surface area contributed by atoms with Gasteiger partial charge in [-0.05, 0) is 40.8 Å². The van der Waals surface area contributed by atoms with Gasteiger partial charge in [-0.15, -0.1) is 5.10 Å². The van der Waals surface area contributed by atoms with Crippen molar-refractivity contribution in [3.63, 3.8) is 0 Å². The lowest BCUT2D eigenvalue weighted by Crippen LogP contribution is -2.13. The van der Waals surface area contributed by atoms with E-state index in [0.717, 1.165) is 0 Å². The summed E-state index contributed by atoms with van der Waals surface area (Å²) in [6.07, 6.45) is 1.42. The number of rotatable bonds is 4. The van der Waals surface area contributed by atoms with Gasteiger partial charge in [0.2, 0.25) is 0 Å². The fraction of sp³-hybridized carbons (Fsp3) is 0. The Morgan fingerprint density at radius 2 is 1.91 bits per heavy atom. The van der Waals surface area contributed by atoms with Crippen molar-refractivity contribution in [2.24, 2.45) is 0 Å². The summed E-state index contributed by atoms with van der Waals surface area (Å²) in [6, 6.07) is 12.9. The van der Waals surface area contributed by atoms with Crippen molar-refractivity contribution in [3.8, 4) is 5.69 Å². The molecule has 0 radical (unpaired) electrons. The highest BCUT2D eigenvalue weighted by Gasteiger charge is 2.17. The third-order valence-corrected chi connectivity index (χ3v) is 4.72. The van der Waals surface area contributed by atoms with Gasteiger partial charge in [0.05, 0.1) is 16.4 Å². The molecule has 3 aromatic rings. The minimum absolute atomic E-state index is 0.0180. The Kier molecular flexibility index (Phi) is 3.78. The van der Waals surface area contributed by atoms with Crippen LogP contribution in [0.25, 0.3) is 5.69 Å². The molecule has 0 aliphatic rings. The maximum absolute atomic E-state index is 12.4. The number of tetrazole rings is 1. The third-order valence-electron chi connectivity index (χ3n) is 2.84. The average molecular weight is 336 g/mol. The molecule has 7 nitrogen and oxygen atoms in total. The van der Waals surface area contributed by atoms with Gasteiger partial charge in [0.15, 0.2) is 0 Å². The van der Waals surface area contributed by atoms with E-state index in [9.17, 15) is 8.42 Å². The largest absolute Gasteiger partial charge is 0.280 e. The molecular formula is C13H10ClN5O2S. The molecular weight excluding hydrogens is 326 g/mol. The lowest BCUT2D eigenvalue weighted by molar-refractivity contribution is 0.601. The number of hydrogen-bond acceptors (Lipinski definition) is 5. The van der Waals surface area contributed by atoms with Crippen molar-refractivity contribution in [1.82, 2.24) is 20.2 Å². The zero-order valence-corrected chi connectivity index (χ0v) is 12.7.